The van der Waals surface area contributed by atoms with Gasteiger partial charge >= 0.3 is 12.1 Å². The van der Waals surface area contributed by atoms with E-state index in [0.29, 0.717) is 31.9 Å². The lowest BCUT2D eigenvalue weighted by Crippen LogP contribution is -2.38. The molecule has 0 atom stereocenters. The fourth-order valence-electron chi connectivity index (χ4n) is 3.83. The lowest BCUT2D eigenvalue weighted by Gasteiger charge is -2.31. The number of ether oxygens (including phenoxy) is 1. The molecule has 3 amide bonds. The van der Waals surface area contributed by atoms with Crippen molar-refractivity contribution < 1.29 is 14.3 Å². The Morgan fingerprint density at radius 3 is 2.71 bits per heavy atom. The molecule has 2 fully saturated rings. The highest BCUT2D eigenvalue weighted by atomic mass is 16.6. The Bertz CT molecular complexity index is 937. The van der Waals surface area contributed by atoms with Gasteiger partial charge in [-0.1, -0.05) is 6.58 Å². The van der Waals surface area contributed by atoms with Crippen LogP contribution >= 0.6 is 0 Å². The van der Waals surface area contributed by atoms with Crippen LogP contribution < -0.4 is 10.2 Å². The van der Waals surface area contributed by atoms with Gasteiger partial charge in [0, 0.05) is 43.2 Å². The molecule has 146 valence electrons. The molecule has 0 radical (unpaired) electrons. The molecule has 3 heterocycles. The molecule has 2 aliphatic heterocycles. The summed E-state index contributed by atoms with van der Waals surface area (Å²) in [6.07, 6.45) is 2.86. The number of allylic oxidation sites excluding steroid dienone is 1. The van der Waals surface area contributed by atoms with Gasteiger partial charge in [-0.3, -0.25) is 4.90 Å². The van der Waals surface area contributed by atoms with E-state index in [4.69, 9.17) is 4.74 Å². The Morgan fingerprint density at radius 2 is 2.04 bits per heavy atom. The highest BCUT2D eigenvalue weighted by Gasteiger charge is 2.27. The Morgan fingerprint density at radius 1 is 1.25 bits per heavy atom. The molecular weight excluding hydrogens is 358 g/mol. The highest BCUT2D eigenvalue weighted by molar-refractivity contribution is 5.96. The fourth-order valence-corrected chi connectivity index (χ4v) is 3.83. The average molecular weight is 381 g/mol. The van der Waals surface area contributed by atoms with Gasteiger partial charge in [0.1, 0.15) is 6.33 Å². The Labute approximate surface area is 163 Å². The maximum Gasteiger partial charge on any atom is 0.414 e. The van der Waals surface area contributed by atoms with Crippen LogP contribution in [0.2, 0.25) is 0 Å². The highest BCUT2D eigenvalue weighted by Crippen LogP contribution is 2.32. The number of amides is 3. The Kier molecular flexibility index (Phi) is 4.85. The number of likely N-dealkylation sites (tertiary alicyclic amines) is 1. The fraction of sp³-hybridized carbons (Fsp3) is 0.400. The maximum atomic E-state index is 12.0. The monoisotopic (exact) mass is 381 g/mol. The summed E-state index contributed by atoms with van der Waals surface area (Å²) in [6.45, 7) is 7.82. The van der Waals surface area contributed by atoms with E-state index in [9.17, 15) is 9.59 Å². The number of urea groups is 1. The smallest absolute Gasteiger partial charge is 0.414 e. The number of piperidine rings is 1. The normalized spacial score (nSPS) is 17.7. The number of nitrogens with zero attached hydrogens (tertiary/aromatic N) is 4. The van der Waals surface area contributed by atoms with Crippen molar-refractivity contribution in [2.45, 2.75) is 25.7 Å². The van der Waals surface area contributed by atoms with Gasteiger partial charge in [0.15, 0.2) is 0 Å². The van der Waals surface area contributed by atoms with Crippen LogP contribution in [0.1, 0.15) is 31.4 Å². The number of anilines is 1. The number of nitrogens with one attached hydrogen (secondary N) is 1. The molecule has 2 aromatic rings. The van der Waals surface area contributed by atoms with Crippen molar-refractivity contribution in [2.75, 3.05) is 31.1 Å². The summed E-state index contributed by atoms with van der Waals surface area (Å²) in [7, 11) is 0. The van der Waals surface area contributed by atoms with Crippen LogP contribution in [0.5, 0.6) is 0 Å². The van der Waals surface area contributed by atoms with Crippen molar-refractivity contribution in [3.05, 3.63) is 42.6 Å². The van der Waals surface area contributed by atoms with Crippen LogP contribution in [0, 0.1) is 0 Å². The quantitative estimate of drug-likeness (QED) is 0.826. The first-order valence-corrected chi connectivity index (χ1v) is 9.45. The second kappa shape index (κ2) is 7.46. The summed E-state index contributed by atoms with van der Waals surface area (Å²) in [5.41, 5.74) is 2.66. The molecule has 1 aromatic heterocycles. The lowest BCUT2D eigenvalue weighted by molar-refractivity contribution is 0.117. The first-order chi connectivity index (χ1) is 13.5. The SMILES string of the molecule is C=C(C)OC(=O)N1CCC(c2ncnc3cc(N4CCNC4=O)ccc23)CC1. The van der Waals surface area contributed by atoms with E-state index in [-0.39, 0.29) is 18.0 Å². The van der Waals surface area contributed by atoms with Gasteiger partial charge in [-0.2, -0.15) is 0 Å². The van der Waals surface area contributed by atoms with Crippen LogP contribution in [0.4, 0.5) is 15.3 Å². The predicted octanol–water partition coefficient (Wildman–Crippen LogP) is 3.01. The van der Waals surface area contributed by atoms with E-state index in [1.165, 1.54) is 0 Å². The summed E-state index contributed by atoms with van der Waals surface area (Å²) >= 11 is 0. The van der Waals surface area contributed by atoms with Crippen LogP contribution in [0.3, 0.4) is 0 Å². The van der Waals surface area contributed by atoms with Crippen LogP contribution in [0.25, 0.3) is 10.9 Å². The molecular formula is C20H23N5O3. The summed E-state index contributed by atoms with van der Waals surface area (Å²) in [6, 6.07) is 5.79. The predicted molar refractivity (Wildman–Crippen MR) is 105 cm³/mol. The zero-order chi connectivity index (χ0) is 19.7. The summed E-state index contributed by atoms with van der Waals surface area (Å²) in [4.78, 5) is 36.3. The molecule has 28 heavy (non-hydrogen) atoms. The van der Waals surface area contributed by atoms with E-state index >= 15 is 0 Å². The van der Waals surface area contributed by atoms with Crippen molar-refractivity contribution in [3.63, 3.8) is 0 Å². The molecule has 4 rings (SSSR count). The topological polar surface area (TPSA) is 87.7 Å². The van der Waals surface area contributed by atoms with E-state index in [1.807, 2.05) is 18.2 Å². The largest absolute Gasteiger partial charge is 0.416 e. The lowest BCUT2D eigenvalue weighted by atomic mass is 9.91. The molecule has 8 heteroatoms. The molecule has 0 unspecified atom stereocenters. The van der Waals surface area contributed by atoms with Crippen molar-refractivity contribution in [1.29, 1.82) is 0 Å². The minimum absolute atomic E-state index is 0.0809. The van der Waals surface area contributed by atoms with Crippen molar-refractivity contribution in [1.82, 2.24) is 20.2 Å². The van der Waals surface area contributed by atoms with Gasteiger partial charge in [-0.15, -0.1) is 0 Å². The minimum Gasteiger partial charge on any atom is -0.416 e. The summed E-state index contributed by atoms with van der Waals surface area (Å²) in [5, 5.41) is 3.80. The second-order valence-corrected chi connectivity index (χ2v) is 7.18. The standard InChI is InChI=1S/C20H23N5O3/c1-13(2)28-20(27)24-8-5-14(6-9-24)18-16-4-3-15(11-17(16)22-12-23-18)25-10-7-21-19(25)26/h3-4,11-12,14H,1,5-10H2,2H3,(H,21,26). The first kappa shape index (κ1) is 18.2. The third-order valence-electron chi connectivity index (χ3n) is 5.22. The summed E-state index contributed by atoms with van der Waals surface area (Å²) < 4.78 is 5.10. The number of benzene rings is 1. The third kappa shape index (κ3) is 3.49. The zero-order valence-corrected chi connectivity index (χ0v) is 15.9. The zero-order valence-electron chi connectivity index (χ0n) is 15.9. The molecule has 0 bridgehead atoms. The molecule has 0 spiro atoms. The van der Waals surface area contributed by atoms with E-state index in [1.54, 1.807) is 23.1 Å². The molecule has 8 nitrogen and oxygen atoms in total. The average Bonchev–Trinajstić information content (AvgIpc) is 3.12. The van der Waals surface area contributed by atoms with Crippen LogP contribution in [0.15, 0.2) is 36.9 Å². The molecule has 1 N–H and O–H groups in total. The van der Waals surface area contributed by atoms with Gasteiger partial charge in [0.25, 0.3) is 0 Å². The number of aromatic nitrogens is 2. The van der Waals surface area contributed by atoms with Crippen molar-refractivity contribution in [3.8, 4) is 0 Å². The molecule has 0 aliphatic carbocycles. The van der Waals surface area contributed by atoms with Gasteiger partial charge in [-0.25, -0.2) is 19.6 Å². The number of rotatable bonds is 3. The Balaban J connectivity index is 1.52. The van der Waals surface area contributed by atoms with Crippen LogP contribution in [-0.4, -0.2) is 53.2 Å². The molecule has 1 aromatic carbocycles. The van der Waals surface area contributed by atoms with Gasteiger partial charge < -0.3 is 15.0 Å². The number of hydrogen-bond donors (Lipinski definition) is 1. The molecule has 2 saturated heterocycles. The van der Waals surface area contributed by atoms with Gasteiger partial charge in [0.2, 0.25) is 0 Å². The van der Waals surface area contributed by atoms with E-state index < -0.39 is 0 Å². The van der Waals surface area contributed by atoms with Gasteiger partial charge in [-0.05, 0) is 38.0 Å². The van der Waals surface area contributed by atoms with Crippen LogP contribution in [-0.2, 0) is 4.74 Å². The second-order valence-electron chi connectivity index (χ2n) is 7.18. The summed E-state index contributed by atoms with van der Waals surface area (Å²) in [5.74, 6) is 0.650. The van der Waals surface area contributed by atoms with E-state index in [2.05, 4.69) is 21.9 Å². The number of hydrogen-bond acceptors (Lipinski definition) is 5. The first-order valence-electron chi connectivity index (χ1n) is 9.45. The minimum atomic E-state index is -0.341. The van der Waals surface area contributed by atoms with E-state index in [0.717, 1.165) is 35.1 Å². The molecule has 2 aliphatic rings. The van der Waals surface area contributed by atoms with Gasteiger partial charge in [0.05, 0.1) is 17.0 Å². The molecule has 0 saturated carbocycles. The number of carbonyl (C=O) groups excluding carboxylic acids is 2. The van der Waals surface area contributed by atoms with Crippen molar-refractivity contribution >= 4 is 28.7 Å². The number of fused-ring (bicyclic) bond motifs is 1. The maximum absolute atomic E-state index is 12.0. The number of carbonyl (C=O) groups is 2. The third-order valence-corrected chi connectivity index (χ3v) is 5.22. The van der Waals surface area contributed by atoms with Crippen molar-refractivity contribution in [2.24, 2.45) is 0 Å². The Hall–Kier alpha value is -3.16.